The second kappa shape index (κ2) is 9.03. The van der Waals surface area contributed by atoms with Gasteiger partial charge in [0.25, 0.3) is 0 Å². The van der Waals surface area contributed by atoms with Crippen LogP contribution in [0.1, 0.15) is 51.8 Å². The molecule has 1 spiro atoms. The molecule has 0 bridgehead atoms. The average Bonchev–Trinajstić information content (AvgIpc) is 3.39. The molecule has 0 unspecified atom stereocenters. The van der Waals surface area contributed by atoms with Crippen LogP contribution >= 0.6 is 0 Å². The van der Waals surface area contributed by atoms with Crippen molar-refractivity contribution in [3.8, 4) is 22.3 Å². The molecule has 0 aromatic heterocycles. The highest BCUT2D eigenvalue weighted by Gasteiger charge is 2.53. The normalized spacial score (nSPS) is 16.8. The van der Waals surface area contributed by atoms with Gasteiger partial charge in [-0.05, 0) is 109 Å². The third-order valence-electron chi connectivity index (χ3n) is 9.82. The Morgan fingerprint density at radius 2 is 1.19 bits per heavy atom. The lowest BCUT2D eigenvalue weighted by molar-refractivity contribution is 0.783. The van der Waals surface area contributed by atoms with Crippen LogP contribution in [0.25, 0.3) is 39.5 Å². The average molecular weight is 535 g/mol. The van der Waals surface area contributed by atoms with Crippen molar-refractivity contribution in [1.82, 2.24) is 0 Å². The third-order valence-corrected chi connectivity index (χ3v) is 9.82. The van der Waals surface area contributed by atoms with Gasteiger partial charge >= 0.3 is 0 Å². The van der Waals surface area contributed by atoms with Gasteiger partial charge in [-0.25, -0.2) is 0 Å². The molecule has 0 aliphatic heterocycles. The van der Waals surface area contributed by atoms with E-state index in [0.29, 0.717) is 0 Å². The van der Waals surface area contributed by atoms with Gasteiger partial charge in [0.2, 0.25) is 0 Å². The predicted octanol–water partition coefficient (Wildman–Crippen LogP) is 10.4. The summed E-state index contributed by atoms with van der Waals surface area (Å²) < 4.78 is 0. The maximum absolute atomic E-state index is 2.56. The lowest BCUT2D eigenvalue weighted by Crippen LogP contribution is -2.27. The summed E-state index contributed by atoms with van der Waals surface area (Å²) in [5, 5.41) is 0. The minimum Gasteiger partial charge on any atom is -0.0836 e. The van der Waals surface area contributed by atoms with Crippen LogP contribution in [0.3, 0.4) is 0 Å². The van der Waals surface area contributed by atoms with Crippen molar-refractivity contribution in [1.29, 1.82) is 0 Å². The molecule has 0 atom stereocenters. The smallest absolute Gasteiger partial charge is 0.0722 e. The highest BCUT2D eigenvalue weighted by atomic mass is 14.5. The van der Waals surface area contributed by atoms with Crippen LogP contribution in [0.4, 0.5) is 0 Å². The van der Waals surface area contributed by atoms with Gasteiger partial charge in [-0.1, -0.05) is 133 Å². The van der Waals surface area contributed by atoms with E-state index in [0.717, 1.165) is 19.3 Å². The van der Waals surface area contributed by atoms with Crippen LogP contribution in [0, 0.1) is 0 Å². The van der Waals surface area contributed by atoms with Crippen molar-refractivity contribution < 1.29 is 0 Å². The molecular formula is C42H30. The summed E-state index contributed by atoms with van der Waals surface area (Å²) in [6, 6.07) is 42.8. The number of hydrogen-bond acceptors (Lipinski definition) is 0. The van der Waals surface area contributed by atoms with Crippen molar-refractivity contribution in [3.63, 3.8) is 0 Å². The first-order valence-corrected chi connectivity index (χ1v) is 15.1. The van der Waals surface area contributed by atoms with Crippen molar-refractivity contribution in [3.05, 3.63) is 184 Å². The quantitative estimate of drug-likeness (QED) is 0.211. The fourth-order valence-electron chi connectivity index (χ4n) is 8.18. The van der Waals surface area contributed by atoms with Gasteiger partial charge in [0, 0.05) is 0 Å². The molecule has 198 valence electrons. The molecule has 42 heavy (non-hydrogen) atoms. The lowest BCUT2D eigenvalue weighted by atomic mass is 9.68. The second-order valence-corrected chi connectivity index (χ2v) is 11.9. The van der Waals surface area contributed by atoms with Gasteiger partial charge in [-0.3, -0.25) is 0 Å². The topological polar surface area (TPSA) is 0 Å². The highest BCUT2D eigenvalue weighted by Crippen LogP contribution is 2.64. The Morgan fingerprint density at radius 1 is 0.548 bits per heavy atom. The molecule has 0 radical (unpaired) electrons. The Balaban J connectivity index is 1.45. The molecular weight excluding hydrogens is 504 g/mol. The number of rotatable bonds is 2. The van der Waals surface area contributed by atoms with E-state index >= 15 is 0 Å². The second-order valence-electron chi connectivity index (χ2n) is 11.9. The molecule has 0 nitrogen and oxygen atoms in total. The zero-order valence-electron chi connectivity index (χ0n) is 23.5. The summed E-state index contributed by atoms with van der Waals surface area (Å²) in [5.74, 6) is 0. The number of fused-ring (bicyclic) bond motifs is 11. The maximum atomic E-state index is 2.56. The molecule has 5 aromatic carbocycles. The maximum Gasteiger partial charge on any atom is 0.0722 e. The minimum absolute atomic E-state index is 0.358. The predicted molar refractivity (Wildman–Crippen MR) is 176 cm³/mol. The van der Waals surface area contributed by atoms with E-state index in [-0.39, 0.29) is 5.41 Å². The Morgan fingerprint density at radius 3 is 1.90 bits per heavy atom. The van der Waals surface area contributed by atoms with Gasteiger partial charge in [0.1, 0.15) is 0 Å². The van der Waals surface area contributed by atoms with E-state index in [4.69, 9.17) is 0 Å². The number of benzene rings is 5. The van der Waals surface area contributed by atoms with E-state index in [1.165, 1.54) is 77.9 Å². The number of allylic oxidation sites excluding steroid dienone is 7. The molecule has 0 fully saturated rings. The summed E-state index contributed by atoms with van der Waals surface area (Å²) in [5.41, 5.74) is 19.2. The molecule has 4 aliphatic carbocycles. The van der Waals surface area contributed by atoms with Crippen molar-refractivity contribution >= 4 is 17.2 Å². The first-order chi connectivity index (χ1) is 20.9. The van der Waals surface area contributed by atoms with E-state index in [1.54, 1.807) is 0 Å². The zero-order chi connectivity index (χ0) is 27.7. The monoisotopic (exact) mass is 534 g/mol. The van der Waals surface area contributed by atoms with E-state index < -0.39 is 0 Å². The molecule has 0 heterocycles. The molecule has 0 heteroatoms. The van der Waals surface area contributed by atoms with Gasteiger partial charge in [0.15, 0.2) is 0 Å². The summed E-state index contributed by atoms with van der Waals surface area (Å²) in [6.07, 6.45) is 15.1. The molecule has 0 amide bonds. The summed E-state index contributed by atoms with van der Waals surface area (Å²) in [7, 11) is 0. The Bertz CT molecular complexity index is 1980. The van der Waals surface area contributed by atoms with Crippen LogP contribution < -0.4 is 0 Å². The zero-order valence-corrected chi connectivity index (χ0v) is 23.5. The first-order valence-electron chi connectivity index (χ1n) is 15.1. The van der Waals surface area contributed by atoms with Gasteiger partial charge < -0.3 is 0 Å². The fourth-order valence-corrected chi connectivity index (χ4v) is 8.18. The summed E-state index contributed by atoms with van der Waals surface area (Å²) >= 11 is 0. The standard InChI is InChI=1S/C42H30/c1-3-14-28(15-4-1)30-18-13-23-35-39(26-30)42(37-24-11-9-20-32(37)33-21-10-12-25-38(33)42)40-27-36(29-16-5-2-6-17-29)31-19-7-8-22-34(31)41(35)40/h1-7,9-21,24-27H,8,22-23H2. The van der Waals surface area contributed by atoms with Crippen LogP contribution in [0.5, 0.6) is 0 Å². The van der Waals surface area contributed by atoms with E-state index in [1.807, 2.05) is 0 Å². The molecule has 5 aromatic rings. The summed E-state index contributed by atoms with van der Waals surface area (Å²) in [4.78, 5) is 0. The highest BCUT2D eigenvalue weighted by molar-refractivity contribution is 6.01. The molecule has 0 saturated carbocycles. The van der Waals surface area contributed by atoms with Crippen LogP contribution in [0.2, 0.25) is 0 Å². The van der Waals surface area contributed by atoms with Crippen LogP contribution in [-0.2, 0) is 11.8 Å². The fraction of sp³-hybridized carbons (Fsp3) is 0.0952. The molecule has 4 aliphatic rings. The van der Waals surface area contributed by atoms with Crippen molar-refractivity contribution in [2.45, 2.75) is 24.7 Å². The van der Waals surface area contributed by atoms with Gasteiger partial charge in [0.05, 0.1) is 5.41 Å². The molecule has 9 rings (SSSR count). The van der Waals surface area contributed by atoms with Crippen molar-refractivity contribution in [2.75, 3.05) is 0 Å². The minimum atomic E-state index is -0.358. The lowest BCUT2D eigenvalue weighted by Gasteiger charge is -2.33. The molecule has 0 N–H and O–H groups in total. The van der Waals surface area contributed by atoms with E-state index in [2.05, 4.69) is 146 Å². The Hall–Kier alpha value is -4.94. The van der Waals surface area contributed by atoms with Gasteiger partial charge in [-0.2, -0.15) is 0 Å². The largest absolute Gasteiger partial charge is 0.0836 e. The third kappa shape index (κ3) is 3.13. The van der Waals surface area contributed by atoms with Crippen LogP contribution in [0.15, 0.2) is 145 Å². The van der Waals surface area contributed by atoms with Gasteiger partial charge in [-0.15, -0.1) is 0 Å². The number of hydrogen-bond donors (Lipinski definition) is 0. The Labute approximate surface area is 247 Å². The molecule has 0 saturated heterocycles. The van der Waals surface area contributed by atoms with Crippen LogP contribution in [-0.4, -0.2) is 0 Å². The Kier molecular flexibility index (Phi) is 5.10. The first kappa shape index (κ1) is 23.7. The summed E-state index contributed by atoms with van der Waals surface area (Å²) in [6.45, 7) is 0. The SMILES string of the molecule is C1=Cc2c(-c3ccccc3)cc3c(c2CC1)C1=C(C=C(c2ccccc2)C=CC1)C31c2ccccc2-c2ccccc21. The van der Waals surface area contributed by atoms with E-state index in [9.17, 15) is 0 Å². The van der Waals surface area contributed by atoms with Crippen molar-refractivity contribution in [2.24, 2.45) is 0 Å².